The number of aromatic nitrogens is 2. The summed E-state index contributed by atoms with van der Waals surface area (Å²) in [4.78, 5) is 17.4. The Balaban J connectivity index is 1.97. The molecule has 0 aliphatic carbocycles. The Bertz CT molecular complexity index is 1180. The SMILES string of the molecule is CCCCn1cc(-c2nc3cc(F)ccc3s2)c(=O)c2ccc(F)cc21. The summed E-state index contributed by atoms with van der Waals surface area (Å²) in [5.74, 6) is -0.728. The van der Waals surface area contributed by atoms with Crippen molar-refractivity contribution < 1.29 is 8.78 Å². The van der Waals surface area contributed by atoms with Crippen LogP contribution in [0.3, 0.4) is 0 Å². The molecule has 0 saturated carbocycles. The van der Waals surface area contributed by atoms with Gasteiger partial charge in [0.15, 0.2) is 5.43 Å². The Morgan fingerprint density at radius 1 is 1.12 bits per heavy atom. The third kappa shape index (κ3) is 2.90. The third-order valence-electron chi connectivity index (χ3n) is 4.38. The number of unbranched alkanes of at least 4 members (excludes halogenated alkanes) is 1. The summed E-state index contributed by atoms with van der Waals surface area (Å²) in [5.41, 5.74) is 1.39. The van der Waals surface area contributed by atoms with Crippen LogP contribution in [-0.2, 0) is 6.54 Å². The van der Waals surface area contributed by atoms with Crippen LogP contribution in [0.5, 0.6) is 0 Å². The fraction of sp³-hybridized carbons (Fsp3) is 0.200. The number of fused-ring (bicyclic) bond motifs is 2. The first-order valence-corrected chi connectivity index (χ1v) is 9.27. The van der Waals surface area contributed by atoms with Crippen molar-refractivity contribution in [2.75, 3.05) is 0 Å². The highest BCUT2D eigenvalue weighted by Crippen LogP contribution is 2.30. The maximum atomic E-state index is 13.7. The van der Waals surface area contributed by atoms with E-state index in [1.807, 2.05) is 4.57 Å². The van der Waals surface area contributed by atoms with Gasteiger partial charge in [0.05, 0.1) is 21.3 Å². The molecule has 0 atom stereocenters. The van der Waals surface area contributed by atoms with Crippen molar-refractivity contribution in [2.45, 2.75) is 26.3 Å². The van der Waals surface area contributed by atoms with Gasteiger partial charge in [0.1, 0.15) is 16.6 Å². The summed E-state index contributed by atoms with van der Waals surface area (Å²) in [7, 11) is 0. The van der Waals surface area contributed by atoms with E-state index >= 15 is 0 Å². The summed E-state index contributed by atoms with van der Waals surface area (Å²) in [5, 5.41) is 1.01. The lowest BCUT2D eigenvalue weighted by atomic mass is 10.1. The number of aryl methyl sites for hydroxylation is 1. The molecule has 2 heterocycles. The number of halogens is 2. The van der Waals surface area contributed by atoms with Crippen LogP contribution >= 0.6 is 11.3 Å². The Labute approximate surface area is 152 Å². The zero-order chi connectivity index (χ0) is 18.3. The number of nitrogens with zero attached hydrogens (tertiary/aromatic N) is 2. The van der Waals surface area contributed by atoms with Gasteiger partial charge in [-0.05, 0) is 36.8 Å². The lowest BCUT2D eigenvalue weighted by Crippen LogP contribution is -2.12. The normalized spacial score (nSPS) is 11.5. The smallest absolute Gasteiger partial charge is 0.199 e. The molecule has 3 nitrogen and oxygen atoms in total. The number of pyridine rings is 1. The molecule has 4 rings (SSSR count). The largest absolute Gasteiger partial charge is 0.346 e. The Morgan fingerprint density at radius 2 is 1.88 bits per heavy atom. The van der Waals surface area contributed by atoms with Crippen LogP contribution in [0.15, 0.2) is 47.4 Å². The van der Waals surface area contributed by atoms with Crippen molar-refractivity contribution in [2.24, 2.45) is 0 Å². The molecule has 2 aromatic heterocycles. The quantitative estimate of drug-likeness (QED) is 0.485. The average molecular weight is 370 g/mol. The first kappa shape index (κ1) is 16.8. The molecule has 0 aliphatic rings. The second kappa shape index (κ2) is 6.61. The highest BCUT2D eigenvalue weighted by Gasteiger charge is 2.15. The van der Waals surface area contributed by atoms with Crippen molar-refractivity contribution in [3.63, 3.8) is 0 Å². The Hall–Kier alpha value is -2.60. The van der Waals surface area contributed by atoms with E-state index in [2.05, 4.69) is 11.9 Å². The van der Waals surface area contributed by atoms with Crippen molar-refractivity contribution in [1.29, 1.82) is 0 Å². The summed E-state index contributed by atoms with van der Waals surface area (Å²) in [6, 6.07) is 8.62. The van der Waals surface area contributed by atoms with Gasteiger partial charge < -0.3 is 4.57 Å². The number of hydrogen-bond donors (Lipinski definition) is 0. The van der Waals surface area contributed by atoms with Gasteiger partial charge in [0.2, 0.25) is 0 Å². The predicted molar refractivity (Wildman–Crippen MR) is 102 cm³/mol. The molecule has 6 heteroatoms. The highest BCUT2D eigenvalue weighted by atomic mass is 32.1. The Morgan fingerprint density at radius 3 is 2.69 bits per heavy atom. The van der Waals surface area contributed by atoms with Crippen LogP contribution in [-0.4, -0.2) is 9.55 Å². The summed E-state index contributed by atoms with van der Waals surface area (Å²) in [6.45, 7) is 2.76. The summed E-state index contributed by atoms with van der Waals surface area (Å²) >= 11 is 1.35. The van der Waals surface area contributed by atoms with Gasteiger partial charge in [0.25, 0.3) is 0 Å². The summed E-state index contributed by atoms with van der Waals surface area (Å²) < 4.78 is 29.9. The van der Waals surface area contributed by atoms with E-state index in [0.29, 0.717) is 33.5 Å². The zero-order valence-corrected chi connectivity index (χ0v) is 14.9. The van der Waals surface area contributed by atoms with Crippen LogP contribution in [0, 0.1) is 11.6 Å². The molecule has 0 bridgehead atoms. The Kier molecular flexibility index (Phi) is 4.28. The van der Waals surface area contributed by atoms with Gasteiger partial charge in [-0.25, -0.2) is 13.8 Å². The monoisotopic (exact) mass is 370 g/mol. The molecular formula is C20H16F2N2OS. The molecule has 0 amide bonds. The molecule has 0 N–H and O–H groups in total. The van der Waals surface area contributed by atoms with Crippen molar-refractivity contribution in [3.05, 3.63) is 64.5 Å². The molecular weight excluding hydrogens is 354 g/mol. The second-order valence-corrected chi connectivity index (χ2v) is 7.24. The van der Waals surface area contributed by atoms with Gasteiger partial charge in [-0.2, -0.15) is 0 Å². The molecule has 0 fully saturated rings. The van der Waals surface area contributed by atoms with Crippen molar-refractivity contribution in [1.82, 2.24) is 9.55 Å². The maximum Gasteiger partial charge on any atom is 0.199 e. The number of rotatable bonds is 4. The van der Waals surface area contributed by atoms with Crippen molar-refractivity contribution in [3.8, 4) is 10.6 Å². The van der Waals surface area contributed by atoms with Gasteiger partial charge in [-0.3, -0.25) is 4.79 Å². The van der Waals surface area contributed by atoms with E-state index < -0.39 is 0 Å². The minimum absolute atomic E-state index is 0.188. The van der Waals surface area contributed by atoms with Crippen LogP contribution in [0.4, 0.5) is 8.78 Å². The molecule has 0 aliphatic heterocycles. The van der Waals surface area contributed by atoms with E-state index in [1.54, 1.807) is 12.3 Å². The van der Waals surface area contributed by atoms with Crippen LogP contribution in [0.1, 0.15) is 19.8 Å². The van der Waals surface area contributed by atoms with Crippen LogP contribution < -0.4 is 5.43 Å². The molecule has 4 aromatic rings. The average Bonchev–Trinajstić information content (AvgIpc) is 3.04. The minimum atomic E-state index is -0.370. The zero-order valence-electron chi connectivity index (χ0n) is 14.1. The van der Waals surface area contributed by atoms with Gasteiger partial charge in [-0.1, -0.05) is 13.3 Å². The number of benzene rings is 2. The highest BCUT2D eigenvalue weighted by molar-refractivity contribution is 7.21. The second-order valence-electron chi connectivity index (χ2n) is 6.21. The van der Waals surface area contributed by atoms with Crippen LogP contribution in [0.2, 0.25) is 0 Å². The lowest BCUT2D eigenvalue weighted by molar-refractivity contribution is 0.621. The van der Waals surface area contributed by atoms with E-state index in [4.69, 9.17) is 0 Å². The summed E-state index contributed by atoms with van der Waals surface area (Å²) in [6.07, 6.45) is 3.64. The van der Waals surface area contributed by atoms with Crippen molar-refractivity contribution >= 4 is 32.5 Å². The molecule has 132 valence electrons. The predicted octanol–water partition coefficient (Wildman–Crippen LogP) is 5.36. The van der Waals surface area contributed by atoms with Gasteiger partial charge in [-0.15, -0.1) is 11.3 Å². The molecule has 26 heavy (non-hydrogen) atoms. The first-order valence-electron chi connectivity index (χ1n) is 8.46. The number of thiazole rings is 1. The van der Waals surface area contributed by atoms with E-state index in [-0.39, 0.29) is 17.1 Å². The topological polar surface area (TPSA) is 34.9 Å². The van der Waals surface area contributed by atoms with E-state index in [0.717, 1.165) is 17.5 Å². The maximum absolute atomic E-state index is 13.7. The first-order chi connectivity index (χ1) is 12.6. The van der Waals surface area contributed by atoms with E-state index in [9.17, 15) is 13.6 Å². The third-order valence-corrected chi connectivity index (χ3v) is 5.45. The van der Waals surface area contributed by atoms with Gasteiger partial charge >= 0.3 is 0 Å². The molecule has 0 radical (unpaired) electrons. The molecule has 2 aromatic carbocycles. The fourth-order valence-corrected chi connectivity index (χ4v) is 4.00. The number of hydrogen-bond acceptors (Lipinski definition) is 3. The minimum Gasteiger partial charge on any atom is -0.346 e. The standard InChI is InChI=1S/C20H16F2N2OS/c1-2-3-8-24-11-15(19(25)14-6-4-13(22)10-17(14)24)20-23-16-9-12(21)5-7-18(16)26-20/h4-7,9-11H,2-3,8H2,1H3. The van der Waals surface area contributed by atoms with Gasteiger partial charge in [0, 0.05) is 24.2 Å². The van der Waals surface area contributed by atoms with E-state index in [1.165, 1.54) is 41.7 Å². The molecule has 0 saturated heterocycles. The fourth-order valence-electron chi connectivity index (χ4n) is 3.05. The molecule has 0 unspecified atom stereocenters. The van der Waals surface area contributed by atoms with Crippen LogP contribution in [0.25, 0.3) is 31.7 Å². The lowest BCUT2D eigenvalue weighted by Gasteiger charge is -2.12. The molecule has 0 spiro atoms.